The molecule has 90 valence electrons. The van der Waals surface area contributed by atoms with E-state index in [1.165, 1.54) is 17.7 Å². The van der Waals surface area contributed by atoms with Crippen molar-refractivity contribution in [2.24, 2.45) is 0 Å². The Morgan fingerprint density at radius 2 is 1.87 bits per heavy atom. The number of hydrogen-bond acceptors (Lipinski definition) is 4. The number of carbonyl (C=O) groups excluding carboxylic acids is 1. The van der Waals surface area contributed by atoms with Crippen molar-refractivity contribution in [2.75, 3.05) is 27.0 Å². The summed E-state index contributed by atoms with van der Waals surface area (Å²) in [5, 5.41) is 0. The molecule has 0 N–H and O–H groups in total. The largest absolute Gasteiger partial charge is 0.469 e. The molecular weight excluding hydrogens is 218 g/mol. The number of rotatable bonds is 7. The summed E-state index contributed by atoms with van der Waals surface area (Å²) >= 11 is 0. The Kier molecular flexibility index (Phi) is 6.51. The predicted molar refractivity (Wildman–Crippen MR) is 58.0 cm³/mol. The van der Waals surface area contributed by atoms with Crippen LogP contribution in [0, 0.1) is 0 Å². The van der Waals surface area contributed by atoms with Gasteiger partial charge in [0.05, 0.1) is 13.4 Å². The lowest BCUT2D eigenvalue weighted by atomic mass is 10.2. The van der Waals surface area contributed by atoms with Crippen molar-refractivity contribution in [3.05, 3.63) is 0 Å². The molecule has 0 saturated carbocycles. The summed E-state index contributed by atoms with van der Waals surface area (Å²) in [6.45, 7) is 0.500. The van der Waals surface area contributed by atoms with Crippen LogP contribution in [-0.2, 0) is 19.6 Å². The van der Waals surface area contributed by atoms with Crippen LogP contribution in [0.25, 0.3) is 0 Å². The van der Waals surface area contributed by atoms with E-state index in [1.807, 2.05) is 0 Å². The monoisotopic (exact) mass is 237 g/mol. The zero-order chi connectivity index (χ0) is 11.9. The van der Waals surface area contributed by atoms with Gasteiger partial charge in [0.2, 0.25) is 10.0 Å². The van der Waals surface area contributed by atoms with Crippen LogP contribution < -0.4 is 0 Å². The second-order valence-electron chi connectivity index (χ2n) is 3.47. The van der Waals surface area contributed by atoms with Crippen LogP contribution in [0.2, 0.25) is 0 Å². The van der Waals surface area contributed by atoms with Gasteiger partial charge in [0.25, 0.3) is 0 Å². The molecule has 0 atom stereocenters. The minimum absolute atomic E-state index is 0.216. The Balaban J connectivity index is 3.52. The third-order valence-electron chi connectivity index (χ3n) is 2.15. The van der Waals surface area contributed by atoms with E-state index in [-0.39, 0.29) is 5.97 Å². The molecule has 0 aliphatic carbocycles. The first kappa shape index (κ1) is 14.4. The Hall–Kier alpha value is -0.620. The first-order chi connectivity index (χ1) is 6.88. The van der Waals surface area contributed by atoms with Gasteiger partial charge in [-0.05, 0) is 12.8 Å². The fraction of sp³-hybridized carbons (Fsp3) is 0.889. The average molecular weight is 237 g/mol. The summed E-state index contributed by atoms with van der Waals surface area (Å²) in [7, 11) is -0.157. The molecule has 0 aliphatic rings. The average Bonchev–Trinajstić information content (AvgIpc) is 2.15. The van der Waals surface area contributed by atoms with E-state index < -0.39 is 10.0 Å². The molecule has 5 nitrogen and oxygen atoms in total. The highest BCUT2D eigenvalue weighted by atomic mass is 32.2. The molecule has 0 aromatic heterocycles. The third-order valence-corrected chi connectivity index (χ3v) is 3.46. The van der Waals surface area contributed by atoms with Crippen LogP contribution in [0.4, 0.5) is 0 Å². The van der Waals surface area contributed by atoms with Gasteiger partial charge in [0.15, 0.2) is 0 Å². The Morgan fingerprint density at radius 1 is 1.27 bits per heavy atom. The standard InChI is InChI=1S/C9H19NO4S/c1-10(15(3,12)13)8-6-4-5-7-9(11)14-2/h4-8H2,1-3H3. The summed E-state index contributed by atoms with van der Waals surface area (Å²) in [4.78, 5) is 10.7. The number of sulfonamides is 1. The SMILES string of the molecule is COC(=O)CCCCCN(C)S(C)(=O)=O. The van der Waals surface area contributed by atoms with Gasteiger partial charge in [0.1, 0.15) is 0 Å². The number of hydrogen-bond donors (Lipinski definition) is 0. The molecule has 15 heavy (non-hydrogen) atoms. The van der Waals surface area contributed by atoms with Gasteiger partial charge in [-0.25, -0.2) is 12.7 Å². The van der Waals surface area contributed by atoms with Gasteiger partial charge < -0.3 is 4.74 Å². The van der Waals surface area contributed by atoms with Gasteiger partial charge in [0, 0.05) is 20.0 Å². The van der Waals surface area contributed by atoms with E-state index in [1.54, 1.807) is 7.05 Å². The van der Waals surface area contributed by atoms with Crippen molar-refractivity contribution < 1.29 is 17.9 Å². The van der Waals surface area contributed by atoms with E-state index >= 15 is 0 Å². The van der Waals surface area contributed by atoms with Gasteiger partial charge in [-0.15, -0.1) is 0 Å². The maximum atomic E-state index is 11.0. The summed E-state index contributed by atoms with van der Waals surface area (Å²) < 4.78 is 27.8. The Labute approximate surface area is 91.5 Å². The van der Waals surface area contributed by atoms with E-state index in [9.17, 15) is 13.2 Å². The van der Waals surface area contributed by atoms with Gasteiger partial charge in [-0.3, -0.25) is 4.79 Å². The second kappa shape index (κ2) is 6.79. The van der Waals surface area contributed by atoms with Crippen molar-refractivity contribution >= 4 is 16.0 Å². The summed E-state index contributed by atoms with van der Waals surface area (Å²) in [6.07, 6.45) is 3.92. The molecule has 0 heterocycles. The van der Waals surface area contributed by atoms with Crippen LogP contribution in [0.1, 0.15) is 25.7 Å². The van der Waals surface area contributed by atoms with E-state index in [4.69, 9.17) is 0 Å². The molecular formula is C9H19NO4S. The predicted octanol–water partition coefficient (Wildman–Crippen LogP) is 0.611. The highest BCUT2D eigenvalue weighted by molar-refractivity contribution is 7.88. The fourth-order valence-electron chi connectivity index (χ4n) is 1.05. The first-order valence-corrected chi connectivity index (χ1v) is 6.71. The topological polar surface area (TPSA) is 63.7 Å². The highest BCUT2D eigenvalue weighted by Gasteiger charge is 2.09. The van der Waals surface area contributed by atoms with Crippen molar-refractivity contribution in [1.29, 1.82) is 0 Å². The Bertz CT molecular complexity index is 286. The summed E-state index contributed by atoms with van der Waals surface area (Å²) in [6, 6.07) is 0. The Morgan fingerprint density at radius 3 is 2.33 bits per heavy atom. The molecule has 0 radical (unpaired) electrons. The molecule has 6 heteroatoms. The van der Waals surface area contributed by atoms with Crippen molar-refractivity contribution in [2.45, 2.75) is 25.7 Å². The smallest absolute Gasteiger partial charge is 0.305 e. The number of ether oxygens (including phenoxy) is 1. The maximum Gasteiger partial charge on any atom is 0.305 e. The van der Waals surface area contributed by atoms with Crippen LogP contribution in [-0.4, -0.2) is 45.7 Å². The molecule has 0 saturated heterocycles. The molecule has 0 unspecified atom stereocenters. The highest BCUT2D eigenvalue weighted by Crippen LogP contribution is 2.03. The van der Waals surface area contributed by atoms with Crippen LogP contribution in [0.3, 0.4) is 0 Å². The van der Waals surface area contributed by atoms with E-state index in [0.717, 1.165) is 19.3 Å². The number of nitrogens with zero attached hydrogens (tertiary/aromatic N) is 1. The molecule has 0 bridgehead atoms. The van der Waals surface area contributed by atoms with Crippen molar-refractivity contribution in [1.82, 2.24) is 4.31 Å². The molecule has 0 fully saturated rings. The quantitative estimate of drug-likeness (QED) is 0.481. The minimum Gasteiger partial charge on any atom is -0.469 e. The minimum atomic E-state index is -3.07. The molecule has 0 aromatic rings. The van der Waals surface area contributed by atoms with E-state index in [2.05, 4.69) is 4.74 Å². The number of unbranched alkanes of at least 4 members (excludes halogenated alkanes) is 2. The van der Waals surface area contributed by atoms with Crippen LogP contribution in [0.15, 0.2) is 0 Å². The summed E-state index contributed by atoms with van der Waals surface area (Å²) in [5.41, 5.74) is 0. The number of methoxy groups -OCH3 is 1. The van der Waals surface area contributed by atoms with E-state index in [0.29, 0.717) is 13.0 Å². The fourth-order valence-corrected chi connectivity index (χ4v) is 1.51. The molecule has 0 amide bonds. The molecule has 0 aromatic carbocycles. The van der Waals surface area contributed by atoms with Gasteiger partial charge in [-0.1, -0.05) is 6.42 Å². The number of esters is 1. The lowest BCUT2D eigenvalue weighted by Crippen LogP contribution is -2.26. The third kappa shape index (κ3) is 7.33. The molecule has 0 rings (SSSR count). The van der Waals surface area contributed by atoms with Gasteiger partial charge >= 0.3 is 5.97 Å². The number of carbonyl (C=O) groups is 1. The van der Waals surface area contributed by atoms with Crippen molar-refractivity contribution in [3.8, 4) is 0 Å². The van der Waals surface area contributed by atoms with Crippen LogP contribution in [0.5, 0.6) is 0 Å². The maximum absolute atomic E-state index is 11.0. The van der Waals surface area contributed by atoms with Crippen molar-refractivity contribution in [3.63, 3.8) is 0 Å². The zero-order valence-electron chi connectivity index (χ0n) is 9.52. The zero-order valence-corrected chi connectivity index (χ0v) is 10.3. The summed E-state index contributed by atoms with van der Waals surface area (Å²) in [5.74, 6) is -0.216. The second-order valence-corrected chi connectivity index (χ2v) is 5.56. The molecule has 0 spiro atoms. The van der Waals surface area contributed by atoms with Crippen LogP contribution >= 0.6 is 0 Å². The lowest BCUT2D eigenvalue weighted by Gasteiger charge is -2.13. The first-order valence-electron chi connectivity index (χ1n) is 4.86. The normalized spacial score (nSPS) is 11.7. The van der Waals surface area contributed by atoms with Gasteiger partial charge in [-0.2, -0.15) is 0 Å². The molecule has 0 aliphatic heterocycles. The lowest BCUT2D eigenvalue weighted by molar-refractivity contribution is -0.140.